The highest BCUT2D eigenvalue weighted by Gasteiger charge is 2.07. The van der Waals surface area contributed by atoms with Gasteiger partial charge in [-0.05, 0) is 43.4 Å². The van der Waals surface area contributed by atoms with E-state index in [4.69, 9.17) is 16.3 Å². The van der Waals surface area contributed by atoms with E-state index in [0.29, 0.717) is 22.4 Å². The van der Waals surface area contributed by atoms with Gasteiger partial charge in [0.15, 0.2) is 5.43 Å². The zero-order chi connectivity index (χ0) is 17.1. The van der Waals surface area contributed by atoms with E-state index in [1.807, 2.05) is 18.2 Å². The molecule has 24 heavy (non-hydrogen) atoms. The number of fused-ring (bicyclic) bond motifs is 2. The van der Waals surface area contributed by atoms with Crippen LogP contribution < -0.4 is 10.2 Å². The fourth-order valence-corrected chi connectivity index (χ4v) is 3.02. The van der Waals surface area contributed by atoms with Crippen molar-refractivity contribution < 1.29 is 4.74 Å². The third-order valence-corrected chi connectivity index (χ3v) is 4.54. The Balaban J connectivity index is 1.89. The number of benzene rings is 2. The molecule has 0 aliphatic rings. The van der Waals surface area contributed by atoms with Gasteiger partial charge in [-0.1, -0.05) is 25.4 Å². The lowest BCUT2D eigenvalue weighted by Gasteiger charge is -2.18. The standard InChI is InChI=1S/C19H21ClN2O2/c1-3-22(4-2)9-10-24-14-6-7-15-18(12-14)21-17-8-5-13(20)11-16(17)19(15)23/h5-8,11-12H,3-4,9-10H2,1-2H3,(H,21,23). The van der Waals surface area contributed by atoms with Gasteiger partial charge in [0.25, 0.3) is 0 Å². The van der Waals surface area contributed by atoms with Gasteiger partial charge in [0.05, 0.1) is 5.52 Å². The van der Waals surface area contributed by atoms with E-state index >= 15 is 0 Å². The maximum atomic E-state index is 12.6. The van der Waals surface area contributed by atoms with Crippen molar-refractivity contribution in [3.63, 3.8) is 0 Å². The van der Waals surface area contributed by atoms with Gasteiger partial charge in [-0.3, -0.25) is 4.79 Å². The van der Waals surface area contributed by atoms with Crippen LogP contribution in [0.25, 0.3) is 21.8 Å². The van der Waals surface area contributed by atoms with Crippen molar-refractivity contribution in [2.45, 2.75) is 13.8 Å². The SMILES string of the molecule is CCN(CC)CCOc1ccc2c(=O)c3cc(Cl)ccc3[nH]c2c1. The number of nitrogens with one attached hydrogen (secondary N) is 1. The number of aromatic amines is 1. The highest BCUT2D eigenvalue weighted by Crippen LogP contribution is 2.22. The minimum Gasteiger partial charge on any atom is -0.492 e. The normalized spacial score (nSPS) is 11.5. The molecule has 0 saturated carbocycles. The molecule has 3 rings (SSSR count). The van der Waals surface area contributed by atoms with Gasteiger partial charge in [-0.2, -0.15) is 0 Å². The fourth-order valence-electron chi connectivity index (χ4n) is 2.85. The number of likely N-dealkylation sites (N-methyl/N-ethyl adjacent to an activating group) is 1. The molecular weight excluding hydrogens is 324 g/mol. The molecule has 2 aromatic carbocycles. The van der Waals surface area contributed by atoms with Crippen LogP contribution in [0.1, 0.15) is 13.8 Å². The molecule has 0 spiro atoms. The van der Waals surface area contributed by atoms with Crippen molar-refractivity contribution in [1.82, 2.24) is 9.88 Å². The van der Waals surface area contributed by atoms with Gasteiger partial charge in [0.1, 0.15) is 12.4 Å². The second-order valence-corrected chi connectivity index (χ2v) is 6.16. The Morgan fingerprint density at radius 1 is 1.04 bits per heavy atom. The number of pyridine rings is 1. The van der Waals surface area contributed by atoms with Crippen molar-refractivity contribution in [3.05, 3.63) is 51.6 Å². The molecule has 0 unspecified atom stereocenters. The van der Waals surface area contributed by atoms with Gasteiger partial charge < -0.3 is 14.6 Å². The maximum Gasteiger partial charge on any atom is 0.197 e. The first-order chi connectivity index (χ1) is 11.6. The Labute approximate surface area is 146 Å². The molecule has 1 aromatic heterocycles. The molecule has 126 valence electrons. The van der Waals surface area contributed by atoms with Crippen molar-refractivity contribution in [1.29, 1.82) is 0 Å². The number of hydrogen-bond donors (Lipinski definition) is 1. The molecule has 0 aliphatic carbocycles. The quantitative estimate of drug-likeness (QED) is 0.686. The van der Waals surface area contributed by atoms with Crippen LogP contribution in [0.4, 0.5) is 0 Å². The molecule has 0 amide bonds. The minimum absolute atomic E-state index is 0.0176. The number of ether oxygens (including phenoxy) is 1. The summed E-state index contributed by atoms with van der Waals surface area (Å²) in [6.45, 7) is 7.82. The zero-order valence-electron chi connectivity index (χ0n) is 13.9. The maximum absolute atomic E-state index is 12.6. The summed E-state index contributed by atoms with van der Waals surface area (Å²) in [5.74, 6) is 0.763. The topological polar surface area (TPSA) is 45.3 Å². The Kier molecular flexibility index (Phi) is 5.07. The van der Waals surface area contributed by atoms with E-state index in [9.17, 15) is 4.79 Å². The lowest BCUT2D eigenvalue weighted by atomic mass is 10.1. The van der Waals surface area contributed by atoms with E-state index < -0.39 is 0 Å². The molecule has 3 aromatic rings. The summed E-state index contributed by atoms with van der Waals surface area (Å²) in [6, 6.07) is 10.8. The van der Waals surface area contributed by atoms with Crippen molar-refractivity contribution in [2.24, 2.45) is 0 Å². The summed E-state index contributed by atoms with van der Waals surface area (Å²) < 4.78 is 5.83. The smallest absolute Gasteiger partial charge is 0.197 e. The van der Waals surface area contributed by atoms with E-state index in [2.05, 4.69) is 23.7 Å². The predicted molar refractivity (Wildman–Crippen MR) is 100 cm³/mol. The first-order valence-electron chi connectivity index (χ1n) is 8.22. The number of halogens is 1. The first-order valence-corrected chi connectivity index (χ1v) is 8.60. The highest BCUT2D eigenvalue weighted by molar-refractivity contribution is 6.31. The van der Waals surface area contributed by atoms with E-state index in [0.717, 1.165) is 36.4 Å². The highest BCUT2D eigenvalue weighted by atomic mass is 35.5. The summed E-state index contributed by atoms with van der Waals surface area (Å²) in [5.41, 5.74) is 1.53. The van der Waals surface area contributed by atoms with Gasteiger partial charge >= 0.3 is 0 Å². The van der Waals surface area contributed by atoms with Crippen molar-refractivity contribution in [3.8, 4) is 5.75 Å². The van der Waals surface area contributed by atoms with Crippen molar-refractivity contribution in [2.75, 3.05) is 26.2 Å². The van der Waals surface area contributed by atoms with Crippen LogP contribution in [0.5, 0.6) is 5.75 Å². The second-order valence-electron chi connectivity index (χ2n) is 5.73. The van der Waals surface area contributed by atoms with Gasteiger partial charge in [-0.15, -0.1) is 0 Å². The Morgan fingerprint density at radius 2 is 1.83 bits per heavy atom. The first kappa shape index (κ1) is 16.8. The summed E-state index contributed by atoms with van der Waals surface area (Å²) >= 11 is 6.00. The second kappa shape index (κ2) is 7.24. The molecule has 0 atom stereocenters. The van der Waals surface area contributed by atoms with Crippen molar-refractivity contribution >= 4 is 33.4 Å². The Hall–Kier alpha value is -2.04. The average molecular weight is 345 g/mol. The molecule has 1 heterocycles. The molecular formula is C19H21ClN2O2. The van der Waals surface area contributed by atoms with Gasteiger partial charge in [0, 0.05) is 33.9 Å². The number of rotatable bonds is 6. The molecule has 0 radical (unpaired) electrons. The fraction of sp³-hybridized carbons (Fsp3) is 0.316. The third kappa shape index (κ3) is 3.40. The largest absolute Gasteiger partial charge is 0.492 e. The number of nitrogens with zero attached hydrogens (tertiary/aromatic N) is 1. The molecule has 1 N–H and O–H groups in total. The minimum atomic E-state index is -0.0176. The monoisotopic (exact) mass is 344 g/mol. The molecule has 0 fully saturated rings. The Morgan fingerprint density at radius 3 is 2.58 bits per heavy atom. The van der Waals surface area contributed by atoms with Gasteiger partial charge in [0.2, 0.25) is 0 Å². The molecule has 4 nitrogen and oxygen atoms in total. The zero-order valence-corrected chi connectivity index (χ0v) is 14.7. The van der Waals surface area contributed by atoms with Crippen LogP contribution >= 0.6 is 11.6 Å². The van der Waals surface area contributed by atoms with E-state index in [1.54, 1.807) is 18.2 Å². The van der Waals surface area contributed by atoms with Crippen LogP contribution in [0.2, 0.25) is 5.02 Å². The summed E-state index contributed by atoms with van der Waals surface area (Å²) in [5, 5.41) is 1.80. The van der Waals surface area contributed by atoms with Crippen LogP contribution in [-0.2, 0) is 0 Å². The number of H-pyrrole nitrogens is 1. The molecule has 0 aliphatic heterocycles. The lowest BCUT2D eigenvalue weighted by Crippen LogP contribution is -2.27. The van der Waals surface area contributed by atoms with Crippen LogP contribution in [-0.4, -0.2) is 36.1 Å². The Bertz CT molecular complexity index is 916. The van der Waals surface area contributed by atoms with Gasteiger partial charge in [-0.25, -0.2) is 0 Å². The lowest BCUT2D eigenvalue weighted by molar-refractivity contribution is 0.223. The van der Waals surface area contributed by atoms with E-state index in [-0.39, 0.29) is 5.43 Å². The summed E-state index contributed by atoms with van der Waals surface area (Å²) in [6.07, 6.45) is 0. The number of hydrogen-bond acceptors (Lipinski definition) is 3. The van der Waals surface area contributed by atoms with Crippen LogP contribution in [0.15, 0.2) is 41.2 Å². The van der Waals surface area contributed by atoms with E-state index in [1.165, 1.54) is 0 Å². The number of aromatic nitrogens is 1. The third-order valence-electron chi connectivity index (χ3n) is 4.30. The molecule has 5 heteroatoms. The van der Waals surface area contributed by atoms with Crippen LogP contribution in [0.3, 0.4) is 0 Å². The summed E-state index contributed by atoms with van der Waals surface area (Å²) in [4.78, 5) is 18.2. The van der Waals surface area contributed by atoms with Crippen LogP contribution in [0, 0.1) is 0 Å². The summed E-state index contributed by atoms with van der Waals surface area (Å²) in [7, 11) is 0. The average Bonchev–Trinajstić information content (AvgIpc) is 2.59. The molecule has 0 bridgehead atoms. The molecule has 0 saturated heterocycles. The predicted octanol–water partition coefficient (Wildman–Crippen LogP) is 4.06.